The maximum absolute atomic E-state index is 14.1. The first kappa shape index (κ1) is 30.7. The van der Waals surface area contributed by atoms with Gasteiger partial charge in [-0.2, -0.15) is 10.2 Å². The van der Waals surface area contributed by atoms with Crippen molar-refractivity contribution in [1.29, 1.82) is 5.26 Å². The summed E-state index contributed by atoms with van der Waals surface area (Å²) in [4.78, 5) is 30.2. The van der Waals surface area contributed by atoms with E-state index in [0.29, 0.717) is 47.1 Å². The second kappa shape index (κ2) is 12.9. The Labute approximate surface area is 256 Å². The Bertz CT molecular complexity index is 1910. The molecule has 226 valence electrons. The number of unbranched alkanes of at least 4 members (excludes halogenated alkanes) is 1. The van der Waals surface area contributed by atoms with Gasteiger partial charge in [0.15, 0.2) is 4.90 Å². The molecule has 2 N–H and O–H groups in total. The second-order valence-electron chi connectivity index (χ2n) is 10.9. The van der Waals surface area contributed by atoms with E-state index in [2.05, 4.69) is 16.4 Å². The topological polar surface area (TPSA) is 142 Å². The quantitative estimate of drug-likeness (QED) is 0.227. The van der Waals surface area contributed by atoms with E-state index in [9.17, 15) is 28.4 Å². The van der Waals surface area contributed by atoms with Gasteiger partial charge in [0, 0.05) is 18.0 Å². The highest BCUT2D eigenvalue weighted by molar-refractivity contribution is 7.91. The van der Waals surface area contributed by atoms with Crippen LogP contribution in [0.25, 0.3) is 11.1 Å². The van der Waals surface area contributed by atoms with Gasteiger partial charge < -0.3 is 10.4 Å². The molecule has 1 heterocycles. The lowest BCUT2D eigenvalue weighted by Crippen LogP contribution is -2.33. The number of sulfone groups is 1. The lowest BCUT2D eigenvalue weighted by atomic mass is 9.99. The third kappa shape index (κ3) is 6.15. The van der Waals surface area contributed by atoms with Crippen LogP contribution in [0.4, 0.5) is 0 Å². The average Bonchev–Trinajstić information content (AvgIpc) is 3.85. The molecule has 9 nitrogen and oxygen atoms in total. The van der Waals surface area contributed by atoms with E-state index < -0.39 is 32.2 Å². The zero-order valence-corrected chi connectivity index (χ0v) is 25.5. The van der Waals surface area contributed by atoms with Gasteiger partial charge in [-0.1, -0.05) is 62.7 Å². The van der Waals surface area contributed by atoms with Gasteiger partial charge in [-0.25, -0.2) is 8.42 Å². The number of carbonyl (C=O) groups is 1. The minimum absolute atomic E-state index is 0.185. The average molecular weight is 611 g/mol. The molecule has 44 heavy (non-hydrogen) atoms. The van der Waals surface area contributed by atoms with Gasteiger partial charge >= 0.3 is 0 Å². The van der Waals surface area contributed by atoms with Crippen molar-refractivity contribution >= 4 is 15.7 Å². The Kier molecular flexibility index (Phi) is 8.97. The van der Waals surface area contributed by atoms with E-state index in [0.717, 1.165) is 19.3 Å². The molecule has 1 unspecified atom stereocenters. The van der Waals surface area contributed by atoms with E-state index in [-0.39, 0.29) is 22.7 Å². The fourth-order valence-electron chi connectivity index (χ4n) is 5.35. The highest BCUT2D eigenvalue weighted by Crippen LogP contribution is 2.31. The molecule has 10 heteroatoms. The number of aromatic hydroxyl groups is 1. The Morgan fingerprint density at radius 2 is 1.82 bits per heavy atom. The van der Waals surface area contributed by atoms with Crippen LogP contribution in [0.2, 0.25) is 0 Å². The van der Waals surface area contributed by atoms with Crippen LogP contribution in [0.15, 0.2) is 87.4 Å². The molecule has 1 aromatic heterocycles. The van der Waals surface area contributed by atoms with Crippen molar-refractivity contribution in [3.05, 3.63) is 106 Å². The molecule has 0 spiro atoms. The van der Waals surface area contributed by atoms with Crippen LogP contribution in [0.3, 0.4) is 0 Å². The molecule has 4 aromatic rings. The fourth-order valence-corrected chi connectivity index (χ4v) is 6.70. The van der Waals surface area contributed by atoms with Crippen molar-refractivity contribution in [2.24, 2.45) is 0 Å². The lowest BCUT2D eigenvalue weighted by molar-refractivity contribution is 0.0951. The third-order valence-electron chi connectivity index (χ3n) is 7.81. The van der Waals surface area contributed by atoms with Gasteiger partial charge in [-0.3, -0.25) is 14.2 Å². The summed E-state index contributed by atoms with van der Waals surface area (Å²) in [6.07, 6.45) is 4.16. The molecule has 0 radical (unpaired) electrons. The molecule has 1 aliphatic rings. The first-order valence-corrected chi connectivity index (χ1v) is 16.3. The molecule has 1 amide bonds. The summed E-state index contributed by atoms with van der Waals surface area (Å²) >= 11 is 0. The predicted octanol–water partition coefficient (Wildman–Crippen LogP) is 5.55. The molecule has 5 rings (SSSR count). The number of benzene rings is 3. The van der Waals surface area contributed by atoms with Gasteiger partial charge in [-0.15, -0.1) is 0 Å². The Morgan fingerprint density at radius 3 is 2.48 bits per heavy atom. The minimum atomic E-state index is -4.51. The van der Waals surface area contributed by atoms with Gasteiger partial charge in [0.2, 0.25) is 15.7 Å². The highest BCUT2D eigenvalue weighted by Gasteiger charge is 2.32. The number of aryl methyl sites for hydroxylation is 1. The monoisotopic (exact) mass is 610 g/mol. The van der Waals surface area contributed by atoms with Crippen molar-refractivity contribution in [3.8, 4) is 23.1 Å². The van der Waals surface area contributed by atoms with Crippen LogP contribution in [0.1, 0.15) is 79.3 Å². The lowest BCUT2D eigenvalue weighted by Gasteiger charge is -2.23. The largest absolute Gasteiger partial charge is 0.492 e. The van der Waals surface area contributed by atoms with E-state index in [1.165, 1.54) is 16.7 Å². The van der Waals surface area contributed by atoms with Gasteiger partial charge in [0.05, 0.1) is 22.6 Å². The van der Waals surface area contributed by atoms with Crippen molar-refractivity contribution in [2.45, 2.75) is 74.2 Å². The molecule has 0 aliphatic heterocycles. The van der Waals surface area contributed by atoms with Crippen LogP contribution >= 0.6 is 0 Å². The first-order valence-electron chi connectivity index (χ1n) is 14.8. The minimum Gasteiger partial charge on any atom is -0.492 e. The molecular formula is C34H34N4O5S. The van der Waals surface area contributed by atoms with E-state index in [1.807, 2.05) is 13.8 Å². The maximum Gasteiger partial charge on any atom is 0.277 e. The highest BCUT2D eigenvalue weighted by atomic mass is 32.2. The van der Waals surface area contributed by atoms with Gasteiger partial charge in [0.25, 0.3) is 11.5 Å². The Balaban J connectivity index is 1.58. The molecule has 0 saturated heterocycles. The van der Waals surface area contributed by atoms with Crippen molar-refractivity contribution in [1.82, 2.24) is 14.9 Å². The molecule has 1 atom stereocenters. The molecule has 1 saturated carbocycles. The Morgan fingerprint density at radius 1 is 1.09 bits per heavy atom. The van der Waals surface area contributed by atoms with Crippen LogP contribution in [0.5, 0.6) is 5.88 Å². The number of hydrogen-bond donors (Lipinski definition) is 2. The predicted molar refractivity (Wildman–Crippen MR) is 166 cm³/mol. The first-order chi connectivity index (χ1) is 21.2. The van der Waals surface area contributed by atoms with E-state index in [1.54, 1.807) is 60.7 Å². The summed E-state index contributed by atoms with van der Waals surface area (Å²) in [5.41, 5.74) is 1.96. The van der Waals surface area contributed by atoms with Gasteiger partial charge in [0.1, 0.15) is 5.82 Å². The molecule has 3 aromatic carbocycles. The smallest absolute Gasteiger partial charge is 0.277 e. The summed E-state index contributed by atoms with van der Waals surface area (Å²) in [5.74, 6) is -0.756. The summed E-state index contributed by atoms with van der Waals surface area (Å²) in [7, 11) is -4.51. The number of hydrogen-bond acceptors (Lipinski definition) is 7. The number of nitrogens with one attached hydrogen (secondary N) is 1. The van der Waals surface area contributed by atoms with Crippen molar-refractivity contribution < 1.29 is 18.3 Å². The zero-order valence-electron chi connectivity index (χ0n) is 24.7. The molecular weight excluding hydrogens is 576 g/mol. The second-order valence-corrected chi connectivity index (χ2v) is 12.8. The van der Waals surface area contributed by atoms with Crippen molar-refractivity contribution in [3.63, 3.8) is 0 Å². The normalized spacial score (nSPS) is 13.7. The number of nitrogens with zero attached hydrogens (tertiary/aromatic N) is 3. The fraction of sp³-hybridized carbons (Fsp3) is 0.294. The SMILES string of the molecule is CCCCc1nc(O)c(S(=O)(=O)c2ccc(-c3ccccc3C(=O)NC3CC3)cc2)c(=O)n1C(CC)c1cccc(C#N)c1. The number of carbonyl (C=O) groups excluding carboxylic acids is 1. The van der Waals surface area contributed by atoms with Crippen LogP contribution in [0, 0.1) is 11.3 Å². The van der Waals surface area contributed by atoms with E-state index >= 15 is 0 Å². The maximum atomic E-state index is 14.1. The summed E-state index contributed by atoms with van der Waals surface area (Å²) in [5, 5.41) is 23.3. The van der Waals surface area contributed by atoms with E-state index in [4.69, 9.17) is 0 Å². The summed E-state index contributed by atoms with van der Waals surface area (Å²) < 4.78 is 29.2. The summed E-state index contributed by atoms with van der Waals surface area (Å²) in [6, 6.07) is 21.5. The number of rotatable bonds is 11. The standard InChI is InChI=1S/C34H34N4O5S/c1-3-5-13-30-37-33(40)31(34(41)38(30)29(4-2)24-10-8-9-22(20-24)21-35)44(42,43)26-18-14-23(15-19-26)27-11-6-7-12-28(27)32(39)36-25-16-17-25/h6-12,14-15,18-20,25,29,40H,3-5,13,16-17H2,1-2H3,(H,36,39). The van der Waals surface area contributed by atoms with Crippen LogP contribution < -0.4 is 10.9 Å². The number of amides is 1. The van der Waals surface area contributed by atoms with Crippen LogP contribution in [-0.2, 0) is 16.3 Å². The summed E-state index contributed by atoms with van der Waals surface area (Å²) in [6.45, 7) is 3.85. The number of nitriles is 1. The molecule has 1 aliphatic carbocycles. The zero-order chi connectivity index (χ0) is 31.4. The Hall–Kier alpha value is -4.75. The molecule has 0 bridgehead atoms. The van der Waals surface area contributed by atoms with Gasteiger partial charge in [-0.05, 0) is 72.7 Å². The number of aromatic nitrogens is 2. The van der Waals surface area contributed by atoms with Crippen LogP contribution in [-0.4, -0.2) is 35.0 Å². The van der Waals surface area contributed by atoms with Crippen molar-refractivity contribution in [2.75, 3.05) is 0 Å². The molecule has 1 fully saturated rings. The third-order valence-corrected chi connectivity index (χ3v) is 9.60.